The van der Waals surface area contributed by atoms with E-state index in [1.165, 1.54) is 0 Å². The van der Waals surface area contributed by atoms with Crippen LogP contribution in [0.2, 0.25) is 0 Å². The molecule has 1 aliphatic carbocycles. The zero-order valence-corrected chi connectivity index (χ0v) is 10.6. The SMILES string of the molecule is Cc1cncc(NC(=O)[C@H]2[C@@H](C(=O)O)C2(C)C)c1. The molecule has 2 atom stereocenters. The summed E-state index contributed by atoms with van der Waals surface area (Å²) in [7, 11) is 0. The summed E-state index contributed by atoms with van der Waals surface area (Å²) in [6.45, 7) is 5.47. The van der Waals surface area contributed by atoms with Gasteiger partial charge in [0.05, 0.1) is 23.7 Å². The first-order valence-corrected chi connectivity index (χ1v) is 5.79. The third kappa shape index (κ3) is 2.08. The maximum Gasteiger partial charge on any atom is 0.307 e. The smallest absolute Gasteiger partial charge is 0.307 e. The van der Waals surface area contributed by atoms with Gasteiger partial charge in [-0.3, -0.25) is 14.6 Å². The molecule has 1 aliphatic rings. The monoisotopic (exact) mass is 248 g/mol. The molecular weight excluding hydrogens is 232 g/mol. The molecule has 0 spiro atoms. The summed E-state index contributed by atoms with van der Waals surface area (Å²) in [5, 5.41) is 11.7. The van der Waals surface area contributed by atoms with Crippen molar-refractivity contribution in [3.63, 3.8) is 0 Å². The fraction of sp³-hybridized carbons (Fsp3) is 0.462. The molecule has 0 bridgehead atoms. The molecule has 1 amide bonds. The highest BCUT2D eigenvalue weighted by atomic mass is 16.4. The van der Waals surface area contributed by atoms with Crippen molar-refractivity contribution < 1.29 is 14.7 Å². The highest BCUT2D eigenvalue weighted by Crippen LogP contribution is 2.58. The fourth-order valence-corrected chi connectivity index (χ4v) is 2.43. The number of carboxylic acid groups (broad SMARTS) is 1. The van der Waals surface area contributed by atoms with Crippen LogP contribution in [-0.2, 0) is 9.59 Å². The van der Waals surface area contributed by atoms with E-state index < -0.39 is 23.2 Å². The van der Waals surface area contributed by atoms with E-state index in [9.17, 15) is 9.59 Å². The number of anilines is 1. The second kappa shape index (κ2) is 4.08. The van der Waals surface area contributed by atoms with Gasteiger partial charge in [-0.15, -0.1) is 0 Å². The number of carboxylic acids is 1. The third-order valence-electron chi connectivity index (χ3n) is 3.52. The van der Waals surface area contributed by atoms with Crippen molar-refractivity contribution in [1.82, 2.24) is 4.98 Å². The van der Waals surface area contributed by atoms with Crippen LogP contribution in [0.1, 0.15) is 19.4 Å². The largest absolute Gasteiger partial charge is 0.481 e. The van der Waals surface area contributed by atoms with E-state index in [4.69, 9.17) is 5.11 Å². The lowest BCUT2D eigenvalue weighted by atomic mass is 10.1. The van der Waals surface area contributed by atoms with Crippen LogP contribution < -0.4 is 5.32 Å². The molecule has 2 rings (SSSR count). The number of amides is 1. The predicted octanol–water partition coefficient (Wildman–Crippen LogP) is 1.69. The van der Waals surface area contributed by atoms with Crippen molar-refractivity contribution in [3.05, 3.63) is 24.0 Å². The van der Waals surface area contributed by atoms with Crippen LogP contribution in [0, 0.1) is 24.2 Å². The first-order valence-electron chi connectivity index (χ1n) is 5.79. The Hall–Kier alpha value is -1.91. The molecular formula is C13H16N2O3. The van der Waals surface area contributed by atoms with Crippen molar-refractivity contribution in [2.24, 2.45) is 17.3 Å². The summed E-state index contributed by atoms with van der Waals surface area (Å²) in [5.41, 5.74) is 1.07. The second-order valence-corrected chi connectivity index (χ2v) is 5.36. The molecule has 96 valence electrons. The Bertz CT molecular complexity index is 511. The molecule has 0 unspecified atom stereocenters. The topological polar surface area (TPSA) is 79.3 Å². The Morgan fingerprint density at radius 3 is 2.50 bits per heavy atom. The van der Waals surface area contributed by atoms with Gasteiger partial charge in [-0.2, -0.15) is 0 Å². The average Bonchev–Trinajstić information content (AvgIpc) is 2.81. The van der Waals surface area contributed by atoms with Gasteiger partial charge in [0.15, 0.2) is 0 Å². The molecule has 0 aromatic carbocycles. The quantitative estimate of drug-likeness (QED) is 0.853. The van der Waals surface area contributed by atoms with Crippen LogP contribution in [-0.4, -0.2) is 22.0 Å². The number of hydrogen-bond donors (Lipinski definition) is 2. The molecule has 2 N–H and O–H groups in total. The lowest BCUT2D eigenvalue weighted by Gasteiger charge is -2.06. The number of hydrogen-bond acceptors (Lipinski definition) is 3. The molecule has 18 heavy (non-hydrogen) atoms. The van der Waals surface area contributed by atoms with Crippen molar-refractivity contribution in [2.45, 2.75) is 20.8 Å². The van der Waals surface area contributed by atoms with E-state index in [-0.39, 0.29) is 5.91 Å². The minimum absolute atomic E-state index is 0.250. The maximum atomic E-state index is 12.0. The number of aromatic nitrogens is 1. The van der Waals surface area contributed by atoms with E-state index >= 15 is 0 Å². The average molecular weight is 248 g/mol. The molecule has 0 radical (unpaired) electrons. The van der Waals surface area contributed by atoms with Crippen LogP contribution in [0.25, 0.3) is 0 Å². The number of rotatable bonds is 3. The summed E-state index contributed by atoms with van der Waals surface area (Å²) in [6.07, 6.45) is 3.24. The van der Waals surface area contributed by atoms with Gasteiger partial charge in [0, 0.05) is 6.20 Å². The maximum absolute atomic E-state index is 12.0. The molecule has 5 nitrogen and oxygen atoms in total. The van der Waals surface area contributed by atoms with E-state index in [0.29, 0.717) is 5.69 Å². The van der Waals surface area contributed by atoms with Gasteiger partial charge < -0.3 is 10.4 Å². The summed E-state index contributed by atoms with van der Waals surface area (Å²) >= 11 is 0. The number of nitrogens with zero attached hydrogens (tertiary/aromatic N) is 1. The zero-order chi connectivity index (χ0) is 13.5. The first kappa shape index (κ1) is 12.5. The summed E-state index contributed by atoms with van der Waals surface area (Å²) in [5.74, 6) is -2.24. The standard InChI is InChI=1S/C13H16N2O3/c1-7-4-8(6-14-5-7)15-11(16)9-10(12(17)18)13(9,2)3/h4-6,9-10H,1-3H3,(H,15,16)(H,17,18)/t9-,10+/m1/s1. The van der Waals surface area contributed by atoms with Gasteiger partial charge in [0.25, 0.3) is 0 Å². The summed E-state index contributed by atoms with van der Waals surface area (Å²) in [6, 6.07) is 1.80. The minimum Gasteiger partial charge on any atom is -0.481 e. The molecule has 1 fully saturated rings. The summed E-state index contributed by atoms with van der Waals surface area (Å²) in [4.78, 5) is 27.0. The van der Waals surface area contributed by atoms with Gasteiger partial charge in [0.1, 0.15) is 0 Å². The van der Waals surface area contributed by atoms with E-state index in [2.05, 4.69) is 10.3 Å². The van der Waals surface area contributed by atoms with Crippen molar-refractivity contribution in [2.75, 3.05) is 5.32 Å². The van der Waals surface area contributed by atoms with Crippen LogP contribution in [0.5, 0.6) is 0 Å². The van der Waals surface area contributed by atoms with Crippen molar-refractivity contribution in [1.29, 1.82) is 0 Å². The van der Waals surface area contributed by atoms with Gasteiger partial charge in [-0.1, -0.05) is 13.8 Å². The Morgan fingerprint density at radius 1 is 1.33 bits per heavy atom. The van der Waals surface area contributed by atoms with Gasteiger partial charge in [-0.25, -0.2) is 0 Å². The highest BCUT2D eigenvalue weighted by Gasteiger charge is 2.65. The Kier molecular flexibility index (Phi) is 2.84. The van der Waals surface area contributed by atoms with Gasteiger partial charge >= 0.3 is 5.97 Å². The van der Waals surface area contributed by atoms with Gasteiger partial charge in [0.2, 0.25) is 5.91 Å². The van der Waals surface area contributed by atoms with E-state index in [1.807, 2.05) is 6.92 Å². The lowest BCUT2D eigenvalue weighted by molar-refractivity contribution is -0.140. The molecule has 1 heterocycles. The van der Waals surface area contributed by atoms with Crippen molar-refractivity contribution in [3.8, 4) is 0 Å². The minimum atomic E-state index is -0.914. The highest BCUT2D eigenvalue weighted by molar-refractivity contribution is 5.99. The Balaban J connectivity index is 2.08. The Morgan fingerprint density at radius 2 is 2.00 bits per heavy atom. The fourth-order valence-electron chi connectivity index (χ4n) is 2.43. The van der Waals surface area contributed by atoms with Crippen LogP contribution in [0.15, 0.2) is 18.5 Å². The number of aliphatic carboxylic acids is 1. The first-order chi connectivity index (χ1) is 8.34. The number of pyridine rings is 1. The number of aryl methyl sites for hydroxylation is 1. The lowest BCUT2D eigenvalue weighted by Crippen LogP contribution is -2.17. The molecule has 0 aliphatic heterocycles. The number of nitrogens with one attached hydrogen (secondary N) is 1. The normalized spacial score (nSPS) is 24.4. The zero-order valence-electron chi connectivity index (χ0n) is 10.6. The number of carbonyl (C=O) groups is 2. The molecule has 5 heteroatoms. The molecule has 1 aromatic heterocycles. The number of carbonyl (C=O) groups excluding carboxylic acids is 1. The molecule has 0 saturated heterocycles. The molecule has 1 saturated carbocycles. The van der Waals surface area contributed by atoms with Crippen molar-refractivity contribution >= 4 is 17.6 Å². The van der Waals surface area contributed by atoms with Crippen LogP contribution in [0.4, 0.5) is 5.69 Å². The van der Waals surface area contributed by atoms with Crippen LogP contribution >= 0.6 is 0 Å². The molecule has 1 aromatic rings. The predicted molar refractivity (Wildman–Crippen MR) is 66.0 cm³/mol. The summed E-state index contributed by atoms with van der Waals surface area (Å²) < 4.78 is 0. The van der Waals surface area contributed by atoms with Crippen LogP contribution in [0.3, 0.4) is 0 Å². The second-order valence-electron chi connectivity index (χ2n) is 5.36. The van der Waals surface area contributed by atoms with E-state index in [0.717, 1.165) is 5.56 Å². The Labute approximate surface area is 105 Å². The third-order valence-corrected chi connectivity index (χ3v) is 3.52. The van der Waals surface area contributed by atoms with E-state index in [1.54, 1.807) is 32.3 Å². The van der Waals surface area contributed by atoms with Gasteiger partial charge in [-0.05, 0) is 24.0 Å².